The number of likely N-dealkylation sites (tertiary alicyclic amines) is 1. The Hall–Kier alpha value is -2.93. The Balaban J connectivity index is 1.46. The highest BCUT2D eigenvalue weighted by Crippen LogP contribution is 2.16. The second-order valence-electron chi connectivity index (χ2n) is 6.28. The van der Waals surface area contributed by atoms with E-state index in [1.54, 1.807) is 0 Å². The fourth-order valence-electron chi connectivity index (χ4n) is 2.90. The third kappa shape index (κ3) is 5.03. The summed E-state index contributed by atoms with van der Waals surface area (Å²) in [5.74, 6) is -0.373. The number of nitro groups is 1. The van der Waals surface area contributed by atoms with Crippen LogP contribution in [0.4, 0.5) is 5.88 Å². The summed E-state index contributed by atoms with van der Waals surface area (Å²) in [6.07, 6.45) is 5.26. The summed E-state index contributed by atoms with van der Waals surface area (Å²) in [6, 6.07) is 10.9. The molecule has 2 heterocycles. The predicted octanol–water partition coefficient (Wildman–Crippen LogP) is 3.11. The molecule has 0 unspecified atom stereocenters. The van der Waals surface area contributed by atoms with Gasteiger partial charge in [0.25, 0.3) is 0 Å². The third-order valence-corrected chi connectivity index (χ3v) is 4.29. The minimum atomic E-state index is -0.620. The minimum absolute atomic E-state index is 0.262. The molecular formula is C19H21N3O4. The predicted molar refractivity (Wildman–Crippen MR) is 97.2 cm³/mol. The quantitative estimate of drug-likeness (QED) is 0.468. The molecule has 0 atom stereocenters. The monoisotopic (exact) mass is 355 g/mol. The van der Waals surface area contributed by atoms with Crippen LogP contribution in [0.1, 0.15) is 29.7 Å². The SMILES string of the molecule is O=C(/C=C/c1ccc([N+](=O)[O-])o1)NCc1ccc(CN2CCCC2)cc1. The number of carbonyl (C=O) groups excluding carboxylic acids is 1. The van der Waals surface area contributed by atoms with E-state index < -0.39 is 4.92 Å². The van der Waals surface area contributed by atoms with Crippen LogP contribution in [0.25, 0.3) is 6.08 Å². The number of rotatable bonds is 7. The molecule has 7 heteroatoms. The van der Waals surface area contributed by atoms with Crippen molar-refractivity contribution in [2.75, 3.05) is 13.1 Å². The number of furan rings is 1. The van der Waals surface area contributed by atoms with Gasteiger partial charge in [-0.3, -0.25) is 19.8 Å². The fourth-order valence-corrected chi connectivity index (χ4v) is 2.90. The van der Waals surface area contributed by atoms with E-state index in [0.717, 1.165) is 12.1 Å². The molecular weight excluding hydrogens is 334 g/mol. The van der Waals surface area contributed by atoms with Gasteiger partial charge < -0.3 is 9.73 Å². The van der Waals surface area contributed by atoms with Gasteiger partial charge in [-0.2, -0.15) is 0 Å². The van der Waals surface area contributed by atoms with E-state index >= 15 is 0 Å². The summed E-state index contributed by atoms with van der Waals surface area (Å²) in [6.45, 7) is 3.74. The number of hydrogen-bond donors (Lipinski definition) is 1. The van der Waals surface area contributed by atoms with Gasteiger partial charge in [-0.25, -0.2) is 0 Å². The summed E-state index contributed by atoms with van der Waals surface area (Å²) in [7, 11) is 0. The van der Waals surface area contributed by atoms with Gasteiger partial charge in [-0.15, -0.1) is 0 Å². The lowest BCUT2D eigenvalue weighted by atomic mass is 10.1. The average Bonchev–Trinajstić information content (AvgIpc) is 3.31. The van der Waals surface area contributed by atoms with Crippen molar-refractivity contribution in [2.45, 2.75) is 25.9 Å². The molecule has 1 amide bonds. The van der Waals surface area contributed by atoms with Crippen LogP contribution < -0.4 is 5.32 Å². The molecule has 136 valence electrons. The first-order chi connectivity index (χ1) is 12.6. The second kappa shape index (κ2) is 8.44. The van der Waals surface area contributed by atoms with E-state index in [1.807, 2.05) is 12.1 Å². The lowest BCUT2D eigenvalue weighted by Gasteiger charge is -2.14. The average molecular weight is 355 g/mol. The normalized spacial score (nSPS) is 14.8. The first kappa shape index (κ1) is 17.9. The lowest BCUT2D eigenvalue weighted by molar-refractivity contribution is -0.402. The smallest absolute Gasteiger partial charge is 0.401 e. The number of benzene rings is 1. The Morgan fingerprint density at radius 1 is 1.15 bits per heavy atom. The highest BCUT2D eigenvalue weighted by Gasteiger charge is 2.12. The number of nitrogens with zero attached hydrogens (tertiary/aromatic N) is 2. The second-order valence-corrected chi connectivity index (χ2v) is 6.28. The first-order valence-corrected chi connectivity index (χ1v) is 8.60. The van der Waals surface area contributed by atoms with Gasteiger partial charge in [0.15, 0.2) is 0 Å². The van der Waals surface area contributed by atoms with Crippen LogP contribution in [0.2, 0.25) is 0 Å². The maximum absolute atomic E-state index is 11.8. The standard InChI is InChI=1S/C19H21N3O4/c23-18(9-7-17-8-10-19(26-17)22(24)25)20-13-15-3-5-16(6-4-15)14-21-11-1-2-12-21/h3-10H,1-2,11-14H2,(H,20,23)/b9-7+. The van der Waals surface area contributed by atoms with Crippen molar-refractivity contribution >= 4 is 17.9 Å². The lowest BCUT2D eigenvalue weighted by Crippen LogP contribution is -2.20. The molecule has 1 aliphatic rings. The molecule has 1 fully saturated rings. The number of carbonyl (C=O) groups is 1. The van der Waals surface area contributed by atoms with Crippen LogP contribution in [-0.4, -0.2) is 28.8 Å². The van der Waals surface area contributed by atoms with Gasteiger partial charge in [-0.05, 0) is 49.2 Å². The van der Waals surface area contributed by atoms with Crippen LogP contribution in [0, 0.1) is 10.1 Å². The van der Waals surface area contributed by atoms with E-state index in [2.05, 4.69) is 22.3 Å². The molecule has 0 saturated carbocycles. The van der Waals surface area contributed by atoms with Crippen molar-refractivity contribution in [2.24, 2.45) is 0 Å². The Bertz CT molecular complexity index is 789. The third-order valence-electron chi connectivity index (χ3n) is 4.29. The Morgan fingerprint density at radius 3 is 2.50 bits per heavy atom. The summed E-state index contributed by atoms with van der Waals surface area (Å²) >= 11 is 0. The van der Waals surface area contributed by atoms with Crippen molar-refractivity contribution in [1.82, 2.24) is 10.2 Å². The van der Waals surface area contributed by atoms with E-state index in [9.17, 15) is 14.9 Å². The van der Waals surface area contributed by atoms with Crippen LogP contribution in [0.15, 0.2) is 46.9 Å². The van der Waals surface area contributed by atoms with E-state index in [0.29, 0.717) is 6.54 Å². The molecule has 0 radical (unpaired) electrons. The molecule has 1 saturated heterocycles. The Morgan fingerprint density at radius 2 is 1.85 bits per heavy atom. The molecule has 0 bridgehead atoms. The summed E-state index contributed by atoms with van der Waals surface area (Å²) in [5.41, 5.74) is 2.30. The molecule has 2 aromatic rings. The first-order valence-electron chi connectivity index (χ1n) is 8.60. The van der Waals surface area contributed by atoms with Crippen molar-refractivity contribution in [3.8, 4) is 0 Å². The van der Waals surface area contributed by atoms with Gasteiger partial charge in [-0.1, -0.05) is 24.3 Å². The van der Waals surface area contributed by atoms with Crippen molar-refractivity contribution in [1.29, 1.82) is 0 Å². The molecule has 3 rings (SSSR count). The van der Waals surface area contributed by atoms with Crippen LogP contribution in [0.5, 0.6) is 0 Å². The van der Waals surface area contributed by atoms with Crippen molar-refractivity contribution in [3.63, 3.8) is 0 Å². The van der Waals surface area contributed by atoms with Crippen molar-refractivity contribution < 1.29 is 14.1 Å². The van der Waals surface area contributed by atoms with Gasteiger partial charge in [0.1, 0.15) is 10.7 Å². The van der Waals surface area contributed by atoms with E-state index in [4.69, 9.17) is 4.42 Å². The Labute approximate surface area is 151 Å². The summed E-state index contributed by atoms with van der Waals surface area (Å²) < 4.78 is 4.96. The highest BCUT2D eigenvalue weighted by atomic mass is 16.6. The van der Waals surface area contributed by atoms with E-state index in [1.165, 1.54) is 55.8 Å². The van der Waals surface area contributed by atoms with Crippen LogP contribution >= 0.6 is 0 Å². The van der Waals surface area contributed by atoms with Gasteiger partial charge in [0.2, 0.25) is 5.91 Å². The number of hydrogen-bond acceptors (Lipinski definition) is 5. The van der Waals surface area contributed by atoms with Gasteiger partial charge >= 0.3 is 5.88 Å². The molecule has 0 spiro atoms. The number of amides is 1. The van der Waals surface area contributed by atoms with Gasteiger partial charge in [0.05, 0.1) is 6.07 Å². The van der Waals surface area contributed by atoms with Gasteiger partial charge in [0, 0.05) is 19.2 Å². The molecule has 26 heavy (non-hydrogen) atoms. The van der Waals surface area contributed by atoms with Crippen LogP contribution in [-0.2, 0) is 17.9 Å². The maximum Gasteiger partial charge on any atom is 0.433 e. The molecule has 1 aliphatic heterocycles. The zero-order chi connectivity index (χ0) is 18.4. The van der Waals surface area contributed by atoms with Crippen LogP contribution in [0.3, 0.4) is 0 Å². The molecule has 1 aromatic heterocycles. The van der Waals surface area contributed by atoms with E-state index in [-0.39, 0.29) is 17.6 Å². The Kier molecular flexibility index (Phi) is 5.80. The topological polar surface area (TPSA) is 88.6 Å². The highest BCUT2D eigenvalue weighted by molar-refractivity contribution is 5.91. The van der Waals surface area contributed by atoms with Crippen molar-refractivity contribution in [3.05, 3.63) is 69.5 Å². The fraction of sp³-hybridized carbons (Fsp3) is 0.316. The summed E-state index contributed by atoms with van der Waals surface area (Å²) in [5, 5.41) is 13.3. The zero-order valence-corrected chi connectivity index (χ0v) is 14.4. The zero-order valence-electron chi connectivity index (χ0n) is 14.4. The molecule has 0 aliphatic carbocycles. The molecule has 1 N–H and O–H groups in total. The summed E-state index contributed by atoms with van der Waals surface area (Å²) in [4.78, 5) is 24.2. The molecule has 1 aromatic carbocycles. The maximum atomic E-state index is 11.8. The number of nitrogens with one attached hydrogen (secondary N) is 1. The molecule has 7 nitrogen and oxygen atoms in total. The largest absolute Gasteiger partial charge is 0.433 e. The minimum Gasteiger partial charge on any atom is -0.401 e.